The van der Waals surface area contributed by atoms with Crippen molar-refractivity contribution in [3.8, 4) is 11.5 Å². The number of hydrogen-bond donors (Lipinski definition) is 0. The first-order chi connectivity index (χ1) is 16.2. The molecule has 0 saturated carbocycles. The quantitative estimate of drug-likeness (QED) is 0.135. The van der Waals surface area contributed by atoms with Crippen LogP contribution in [0.5, 0.6) is 11.5 Å². The highest BCUT2D eigenvalue weighted by atomic mass is 127. The van der Waals surface area contributed by atoms with Crippen molar-refractivity contribution in [1.82, 2.24) is 0 Å². The fraction of sp³-hybridized carbons (Fsp3) is 0.0800. The molecule has 1 aliphatic heterocycles. The number of halogens is 3. The van der Waals surface area contributed by atoms with E-state index in [1.165, 1.54) is 13.2 Å². The lowest BCUT2D eigenvalue weighted by atomic mass is 10.1. The van der Waals surface area contributed by atoms with Crippen LogP contribution in [0.25, 0.3) is 6.08 Å². The van der Waals surface area contributed by atoms with Gasteiger partial charge in [0, 0.05) is 13.6 Å². The molecule has 1 heterocycles. The van der Waals surface area contributed by atoms with Gasteiger partial charge < -0.3 is 14.2 Å². The number of rotatable bonds is 5. The van der Waals surface area contributed by atoms with Crippen LogP contribution in [-0.2, 0) is 9.53 Å². The maximum Gasteiger partial charge on any atom is 0.363 e. The molecule has 0 amide bonds. The number of aryl methyl sites for hydroxylation is 1. The smallest absolute Gasteiger partial charge is 0.363 e. The zero-order chi connectivity index (χ0) is 24.4. The monoisotopic (exact) mass is 651 g/mol. The van der Waals surface area contributed by atoms with Crippen LogP contribution in [0.2, 0.25) is 5.02 Å². The zero-order valence-electron chi connectivity index (χ0n) is 17.9. The topological polar surface area (TPSA) is 74.2 Å². The van der Waals surface area contributed by atoms with E-state index in [0.29, 0.717) is 16.7 Å². The second-order valence-corrected chi connectivity index (χ2v) is 9.68. The van der Waals surface area contributed by atoms with Gasteiger partial charge in [0.15, 0.2) is 17.2 Å². The minimum Gasteiger partial charge on any atom is -0.493 e. The summed E-state index contributed by atoms with van der Waals surface area (Å²) in [7, 11) is 1.43. The van der Waals surface area contributed by atoms with Crippen molar-refractivity contribution < 1.29 is 23.8 Å². The van der Waals surface area contributed by atoms with Crippen molar-refractivity contribution in [2.75, 3.05) is 7.11 Å². The summed E-state index contributed by atoms with van der Waals surface area (Å²) in [5.41, 5.74) is 2.61. The SMILES string of the molecule is COc1cc(/C=C2\N=C(c3ccc(I)c(Br)c3)OC2=O)cc(Cl)c1OC(=O)c1cccc(C)c1. The number of cyclic esters (lactones) is 1. The van der Waals surface area contributed by atoms with E-state index >= 15 is 0 Å². The number of hydrogen-bond acceptors (Lipinski definition) is 6. The van der Waals surface area contributed by atoms with Crippen LogP contribution in [0.15, 0.2) is 69.8 Å². The lowest BCUT2D eigenvalue weighted by Crippen LogP contribution is -2.10. The Morgan fingerprint density at radius 1 is 1.18 bits per heavy atom. The maximum absolute atomic E-state index is 12.6. The Labute approximate surface area is 222 Å². The lowest BCUT2D eigenvalue weighted by molar-refractivity contribution is -0.129. The zero-order valence-corrected chi connectivity index (χ0v) is 22.4. The Kier molecular flexibility index (Phi) is 7.39. The van der Waals surface area contributed by atoms with Crippen LogP contribution in [0, 0.1) is 10.5 Å². The molecule has 0 radical (unpaired) electrons. The molecule has 0 aliphatic carbocycles. The third kappa shape index (κ3) is 5.34. The van der Waals surface area contributed by atoms with Gasteiger partial charge >= 0.3 is 11.9 Å². The molecule has 0 spiro atoms. The first kappa shape index (κ1) is 24.4. The number of esters is 2. The number of aliphatic imine (C=N–C) groups is 1. The van der Waals surface area contributed by atoms with Crippen LogP contribution in [0.1, 0.15) is 27.0 Å². The van der Waals surface area contributed by atoms with Crippen LogP contribution < -0.4 is 9.47 Å². The van der Waals surface area contributed by atoms with Gasteiger partial charge in [-0.3, -0.25) is 0 Å². The van der Waals surface area contributed by atoms with E-state index in [9.17, 15) is 9.59 Å². The fourth-order valence-corrected chi connectivity index (χ4v) is 4.14. The summed E-state index contributed by atoms with van der Waals surface area (Å²) in [5.74, 6) is -0.630. The van der Waals surface area contributed by atoms with Crippen molar-refractivity contribution in [3.63, 3.8) is 0 Å². The first-order valence-electron chi connectivity index (χ1n) is 9.89. The molecule has 172 valence electrons. The van der Waals surface area contributed by atoms with E-state index < -0.39 is 11.9 Å². The van der Waals surface area contributed by atoms with E-state index in [0.717, 1.165) is 13.6 Å². The average Bonchev–Trinajstić information content (AvgIpc) is 3.17. The maximum atomic E-state index is 12.6. The summed E-state index contributed by atoms with van der Waals surface area (Å²) in [4.78, 5) is 29.3. The van der Waals surface area contributed by atoms with Gasteiger partial charge in [-0.15, -0.1) is 0 Å². The van der Waals surface area contributed by atoms with E-state index in [-0.39, 0.29) is 28.1 Å². The summed E-state index contributed by atoms with van der Waals surface area (Å²) in [6, 6.07) is 15.7. The predicted octanol–water partition coefficient (Wildman–Crippen LogP) is 6.59. The first-order valence-corrected chi connectivity index (χ1v) is 12.1. The number of nitrogens with zero attached hydrogens (tertiary/aromatic N) is 1. The molecule has 0 atom stereocenters. The molecule has 0 N–H and O–H groups in total. The summed E-state index contributed by atoms with van der Waals surface area (Å²) >= 11 is 12.1. The Morgan fingerprint density at radius 2 is 1.97 bits per heavy atom. The third-order valence-corrected chi connectivity index (χ3v) is 7.41. The number of ether oxygens (including phenoxy) is 3. The summed E-state index contributed by atoms with van der Waals surface area (Å²) in [5, 5.41) is 0.143. The highest BCUT2D eigenvalue weighted by molar-refractivity contribution is 14.1. The summed E-state index contributed by atoms with van der Waals surface area (Å²) < 4.78 is 18.1. The van der Waals surface area contributed by atoms with E-state index in [4.69, 9.17) is 25.8 Å². The largest absolute Gasteiger partial charge is 0.493 e. The number of carbonyl (C=O) groups excluding carboxylic acids is 2. The third-order valence-electron chi connectivity index (χ3n) is 4.79. The molecule has 3 aromatic carbocycles. The second-order valence-electron chi connectivity index (χ2n) is 7.26. The van der Waals surface area contributed by atoms with Gasteiger partial charge in [-0.1, -0.05) is 29.3 Å². The Morgan fingerprint density at radius 3 is 2.68 bits per heavy atom. The molecule has 3 aromatic rings. The molecule has 0 fully saturated rings. The molecule has 1 aliphatic rings. The highest BCUT2D eigenvalue weighted by Gasteiger charge is 2.25. The van der Waals surface area contributed by atoms with Crippen molar-refractivity contribution in [1.29, 1.82) is 0 Å². The lowest BCUT2D eigenvalue weighted by Gasteiger charge is -2.12. The average molecular weight is 653 g/mol. The second kappa shape index (κ2) is 10.3. The molecule has 9 heteroatoms. The van der Waals surface area contributed by atoms with Gasteiger partial charge in [0.1, 0.15) is 0 Å². The van der Waals surface area contributed by atoms with Gasteiger partial charge in [0.25, 0.3) is 0 Å². The van der Waals surface area contributed by atoms with Crippen molar-refractivity contribution in [3.05, 3.63) is 95.6 Å². The van der Waals surface area contributed by atoms with E-state index in [1.807, 2.05) is 31.2 Å². The summed E-state index contributed by atoms with van der Waals surface area (Å²) in [6.45, 7) is 1.88. The minimum absolute atomic E-state index is 0.0831. The molecular formula is C25H16BrClINO5. The Bertz CT molecular complexity index is 1390. The van der Waals surface area contributed by atoms with Crippen molar-refractivity contribution >= 4 is 74.0 Å². The molecule has 4 rings (SSSR count). The van der Waals surface area contributed by atoms with Crippen molar-refractivity contribution in [2.24, 2.45) is 4.99 Å². The molecule has 0 aromatic heterocycles. The Hall–Kier alpha value is -2.69. The number of benzene rings is 3. The van der Waals surface area contributed by atoms with Crippen LogP contribution in [0.3, 0.4) is 0 Å². The number of methoxy groups -OCH3 is 1. The van der Waals surface area contributed by atoms with Crippen molar-refractivity contribution in [2.45, 2.75) is 6.92 Å². The molecule has 0 saturated heterocycles. The van der Waals surface area contributed by atoms with Gasteiger partial charge in [0.2, 0.25) is 5.90 Å². The van der Waals surface area contributed by atoms with Crippen LogP contribution in [0.4, 0.5) is 0 Å². The Balaban J connectivity index is 1.63. The normalized spacial score (nSPS) is 14.1. The summed E-state index contributed by atoms with van der Waals surface area (Å²) in [6.07, 6.45) is 1.53. The molecular weight excluding hydrogens is 637 g/mol. The van der Waals surface area contributed by atoms with Gasteiger partial charge in [0.05, 0.1) is 17.7 Å². The minimum atomic E-state index is -0.588. The highest BCUT2D eigenvalue weighted by Crippen LogP contribution is 2.38. The fourth-order valence-electron chi connectivity index (χ4n) is 3.17. The standard InChI is InChI=1S/C25H16BrClINO5/c1-13-4-3-5-16(8-13)24(30)33-22-18(27)9-14(11-21(22)32-2)10-20-25(31)34-23(29-20)15-6-7-19(28)17(26)12-15/h3-12H,1-2H3/b20-10-. The predicted molar refractivity (Wildman–Crippen MR) is 142 cm³/mol. The molecule has 0 bridgehead atoms. The number of carbonyl (C=O) groups is 2. The van der Waals surface area contributed by atoms with Gasteiger partial charge in [-0.25, -0.2) is 14.6 Å². The molecule has 6 nitrogen and oxygen atoms in total. The van der Waals surface area contributed by atoms with Gasteiger partial charge in [-0.05, 0) is 99.5 Å². The van der Waals surface area contributed by atoms with Crippen LogP contribution in [-0.4, -0.2) is 24.9 Å². The van der Waals surface area contributed by atoms with E-state index in [1.54, 1.807) is 30.3 Å². The van der Waals surface area contributed by atoms with Crippen LogP contribution >= 0.6 is 50.1 Å². The molecule has 0 unspecified atom stereocenters. The van der Waals surface area contributed by atoms with Gasteiger partial charge in [-0.2, -0.15) is 0 Å². The van der Waals surface area contributed by atoms with E-state index in [2.05, 4.69) is 43.5 Å². The molecule has 34 heavy (non-hydrogen) atoms.